The highest BCUT2D eigenvalue weighted by Crippen LogP contribution is 2.21. The van der Waals surface area contributed by atoms with Gasteiger partial charge in [-0.3, -0.25) is 14.4 Å². The molecule has 1 aliphatic rings. The molecule has 1 aromatic carbocycles. The molecule has 3 heterocycles. The Bertz CT molecular complexity index is 1100. The second-order valence-corrected chi connectivity index (χ2v) is 7.91. The van der Waals surface area contributed by atoms with Gasteiger partial charge in [0, 0.05) is 18.8 Å². The molecule has 30 heavy (non-hydrogen) atoms. The van der Waals surface area contributed by atoms with Gasteiger partial charge >= 0.3 is 0 Å². The highest BCUT2D eigenvalue weighted by atomic mass is 32.1. The molecule has 1 atom stereocenters. The highest BCUT2D eigenvalue weighted by Gasteiger charge is 2.23. The van der Waals surface area contributed by atoms with E-state index in [0.717, 1.165) is 23.3 Å². The standard InChI is InChI=1S/C22H21N3O4S/c26-20(16-8-9-17(25-21(16)27)19-7-3-11-30-19)23-13-14-4-1-5-15(12-14)24-22(28)18-6-2-10-29-18/h1,3-5,7-9,11-12,18H,2,6,10,13H2,(H,23,26)(H,24,28)(H,25,27). The number of benzene rings is 1. The van der Waals surface area contributed by atoms with Crippen molar-refractivity contribution in [2.45, 2.75) is 25.5 Å². The molecule has 2 aromatic heterocycles. The molecule has 2 amide bonds. The third kappa shape index (κ3) is 4.67. The van der Waals surface area contributed by atoms with E-state index in [-0.39, 0.29) is 18.0 Å². The van der Waals surface area contributed by atoms with Crippen LogP contribution in [-0.2, 0) is 16.1 Å². The highest BCUT2D eigenvalue weighted by molar-refractivity contribution is 7.13. The number of carbonyl (C=O) groups is 2. The minimum atomic E-state index is -0.456. The number of anilines is 1. The molecule has 154 valence electrons. The van der Waals surface area contributed by atoms with Crippen LogP contribution in [0.2, 0.25) is 0 Å². The molecule has 0 spiro atoms. The van der Waals surface area contributed by atoms with E-state index in [4.69, 9.17) is 4.74 Å². The third-order valence-electron chi connectivity index (χ3n) is 4.81. The smallest absolute Gasteiger partial charge is 0.261 e. The van der Waals surface area contributed by atoms with Gasteiger partial charge in [-0.1, -0.05) is 18.2 Å². The first kappa shape index (κ1) is 20.1. The normalized spacial score (nSPS) is 15.7. The molecular formula is C22H21N3O4S. The molecule has 3 N–H and O–H groups in total. The summed E-state index contributed by atoms with van der Waals surface area (Å²) in [5, 5.41) is 7.52. The van der Waals surface area contributed by atoms with Crippen molar-refractivity contribution in [3.8, 4) is 10.6 Å². The summed E-state index contributed by atoms with van der Waals surface area (Å²) in [4.78, 5) is 40.6. The molecule has 1 aliphatic heterocycles. The quantitative estimate of drug-likeness (QED) is 0.567. The predicted molar refractivity (Wildman–Crippen MR) is 116 cm³/mol. The van der Waals surface area contributed by atoms with Crippen molar-refractivity contribution in [3.05, 3.63) is 75.4 Å². The van der Waals surface area contributed by atoms with E-state index >= 15 is 0 Å². The van der Waals surface area contributed by atoms with Crippen molar-refractivity contribution in [3.63, 3.8) is 0 Å². The summed E-state index contributed by atoms with van der Waals surface area (Å²) in [5.41, 5.74) is 1.75. The lowest BCUT2D eigenvalue weighted by atomic mass is 10.1. The lowest BCUT2D eigenvalue weighted by Crippen LogP contribution is -2.29. The van der Waals surface area contributed by atoms with Gasteiger partial charge in [0.1, 0.15) is 11.7 Å². The molecule has 1 saturated heterocycles. The van der Waals surface area contributed by atoms with Gasteiger partial charge in [0.15, 0.2) is 0 Å². The van der Waals surface area contributed by atoms with Crippen LogP contribution in [0.15, 0.2) is 58.7 Å². The number of ether oxygens (including phenoxy) is 1. The SMILES string of the molecule is O=C(NCc1cccc(NC(=O)C2CCCO2)c1)c1ccc(-c2cccs2)[nH]c1=O. The summed E-state index contributed by atoms with van der Waals surface area (Å²) >= 11 is 1.51. The number of hydrogen-bond donors (Lipinski definition) is 3. The van der Waals surface area contributed by atoms with E-state index in [2.05, 4.69) is 15.6 Å². The molecule has 3 aromatic rings. The van der Waals surface area contributed by atoms with Crippen LogP contribution in [0.5, 0.6) is 0 Å². The maximum atomic E-state index is 12.5. The van der Waals surface area contributed by atoms with Crippen molar-refractivity contribution >= 4 is 28.8 Å². The van der Waals surface area contributed by atoms with Crippen LogP contribution in [0.3, 0.4) is 0 Å². The van der Waals surface area contributed by atoms with Gasteiger partial charge < -0.3 is 20.4 Å². The van der Waals surface area contributed by atoms with E-state index in [0.29, 0.717) is 18.0 Å². The van der Waals surface area contributed by atoms with Crippen molar-refractivity contribution in [2.24, 2.45) is 0 Å². The Morgan fingerprint density at radius 3 is 2.80 bits per heavy atom. The summed E-state index contributed by atoms with van der Waals surface area (Å²) in [6.45, 7) is 0.839. The Kier molecular flexibility index (Phi) is 6.06. The Balaban J connectivity index is 1.38. The van der Waals surface area contributed by atoms with Gasteiger partial charge in [-0.15, -0.1) is 11.3 Å². The maximum Gasteiger partial charge on any atom is 0.261 e. The third-order valence-corrected chi connectivity index (χ3v) is 5.71. The molecule has 0 radical (unpaired) electrons. The molecule has 1 unspecified atom stereocenters. The van der Waals surface area contributed by atoms with Crippen molar-refractivity contribution in [1.82, 2.24) is 10.3 Å². The maximum absolute atomic E-state index is 12.5. The number of H-pyrrole nitrogens is 1. The first-order chi connectivity index (χ1) is 14.6. The fraction of sp³-hybridized carbons (Fsp3) is 0.227. The number of rotatable bonds is 6. The van der Waals surface area contributed by atoms with Gasteiger partial charge in [0.05, 0.1) is 10.6 Å². The lowest BCUT2D eigenvalue weighted by molar-refractivity contribution is -0.124. The summed E-state index contributed by atoms with van der Waals surface area (Å²) in [5.74, 6) is -0.617. The van der Waals surface area contributed by atoms with E-state index < -0.39 is 17.6 Å². The van der Waals surface area contributed by atoms with Crippen LogP contribution in [0.4, 0.5) is 5.69 Å². The Labute approximate surface area is 177 Å². The Morgan fingerprint density at radius 1 is 1.17 bits per heavy atom. The zero-order valence-electron chi connectivity index (χ0n) is 16.1. The molecule has 4 rings (SSSR count). The van der Waals surface area contributed by atoms with Gasteiger partial charge in [0.25, 0.3) is 17.4 Å². The second-order valence-electron chi connectivity index (χ2n) is 6.97. The molecular weight excluding hydrogens is 402 g/mol. The first-order valence-electron chi connectivity index (χ1n) is 9.67. The van der Waals surface area contributed by atoms with Crippen molar-refractivity contribution in [2.75, 3.05) is 11.9 Å². The summed E-state index contributed by atoms with van der Waals surface area (Å²) < 4.78 is 5.39. The first-order valence-corrected chi connectivity index (χ1v) is 10.5. The Hall–Kier alpha value is -3.23. The topological polar surface area (TPSA) is 100 Å². The largest absolute Gasteiger partial charge is 0.368 e. The second kappa shape index (κ2) is 9.06. The van der Waals surface area contributed by atoms with E-state index in [1.165, 1.54) is 17.4 Å². The van der Waals surface area contributed by atoms with Gasteiger partial charge in [-0.05, 0) is 54.1 Å². The van der Waals surface area contributed by atoms with Crippen LogP contribution < -0.4 is 16.2 Å². The molecule has 7 nitrogen and oxygen atoms in total. The van der Waals surface area contributed by atoms with E-state index in [9.17, 15) is 14.4 Å². The fourth-order valence-electron chi connectivity index (χ4n) is 3.27. The average molecular weight is 423 g/mol. The molecule has 0 saturated carbocycles. The number of pyridine rings is 1. The molecule has 0 aliphatic carbocycles. The average Bonchev–Trinajstić information content (AvgIpc) is 3.46. The van der Waals surface area contributed by atoms with E-state index in [1.807, 2.05) is 23.6 Å². The van der Waals surface area contributed by atoms with Crippen LogP contribution in [0, 0.1) is 0 Å². The van der Waals surface area contributed by atoms with Crippen LogP contribution >= 0.6 is 11.3 Å². The number of carbonyl (C=O) groups excluding carboxylic acids is 2. The fourth-order valence-corrected chi connectivity index (χ4v) is 3.98. The zero-order chi connectivity index (χ0) is 20.9. The van der Waals surface area contributed by atoms with Gasteiger partial charge in [-0.25, -0.2) is 0 Å². The summed E-state index contributed by atoms with van der Waals surface area (Å²) in [6.07, 6.45) is 1.20. The zero-order valence-corrected chi connectivity index (χ0v) is 17.0. The van der Waals surface area contributed by atoms with Gasteiger partial charge in [-0.2, -0.15) is 0 Å². The number of aromatic amines is 1. The number of aromatic nitrogens is 1. The van der Waals surface area contributed by atoms with Crippen molar-refractivity contribution < 1.29 is 14.3 Å². The minimum Gasteiger partial charge on any atom is -0.368 e. The summed E-state index contributed by atoms with van der Waals surface area (Å²) in [6, 6.07) is 14.3. The molecule has 8 heteroatoms. The predicted octanol–water partition coefficient (Wildman–Crippen LogP) is 3.15. The number of hydrogen-bond acceptors (Lipinski definition) is 5. The van der Waals surface area contributed by atoms with E-state index in [1.54, 1.807) is 24.3 Å². The minimum absolute atomic E-state index is 0.0538. The number of nitrogens with one attached hydrogen (secondary N) is 3. The number of amides is 2. The lowest BCUT2D eigenvalue weighted by Gasteiger charge is -2.12. The Morgan fingerprint density at radius 2 is 2.07 bits per heavy atom. The van der Waals surface area contributed by atoms with Crippen molar-refractivity contribution in [1.29, 1.82) is 0 Å². The van der Waals surface area contributed by atoms with Crippen LogP contribution in [-0.4, -0.2) is 29.5 Å². The number of thiophene rings is 1. The summed E-state index contributed by atoms with van der Waals surface area (Å²) in [7, 11) is 0. The van der Waals surface area contributed by atoms with Crippen LogP contribution in [0.25, 0.3) is 10.6 Å². The molecule has 0 bridgehead atoms. The monoisotopic (exact) mass is 423 g/mol. The van der Waals surface area contributed by atoms with Gasteiger partial charge in [0.2, 0.25) is 0 Å². The van der Waals surface area contributed by atoms with Crippen LogP contribution in [0.1, 0.15) is 28.8 Å². The molecule has 1 fully saturated rings.